The second kappa shape index (κ2) is 7.73. The van der Waals surface area contributed by atoms with E-state index in [1.54, 1.807) is 19.1 Å². The minimum atomic E-state index is -4.97. The lowest BCUT2D eigenvalue weighted by Crippen LogP contribution is -2.20. The molecule has 0 fully saturated rings. The normalized spacial score (nSPS) is 11.6. The van der Waals surface area contributed by atoms with E-state index in [1.807, 2.05) is 5.43 Å². The van der Waals surface area contributed by atoms with Gasteiger partial charge >= 0.3 is 6.36 Å². The molecule has 0 bridgehead atoms. The van der Waals surface area contributed by atoms with Crippen LogP contribution >= 0.6 is 15.9 Å². The summed E-state index contributed by atoms with van der Waals surface area (Å²) in [5, 5.41) is 13.5. The van der Waals surface area contributed by atoms with Gasteiger partial charge in [-0.2, -0.15) is 5.10 Å². The molecule has 0 saturated carbocycles. The summed E-state index contributed by atoms with van der Waals surface area (Å²) in [6, 6.07) is 5.35. The summed E-state index contributed by atoms with van der Waals surface area (Å²) in [6.07, 6.45) is -3.82. The highest BCUT2D eigenvalue weighted by Gasteiger charge is 2.31. The van der Waals surface area contributed by atoms with Gasteiger partial charge in [0.15, 0.2) is 0 Å². The number of hydrazone groups is 1. The average molecular weight is 435 g/mol. The first-order valence-electron chi connectivity index (χ1n) is 6.94. The first-order valence-corrected chi connectivity index (χ1v) is 7.74. The number of nitrogens with one attached hydrogen (secondary N) is 1. The van der Waals surface area contributed by atoms with E-state index < -0.39 is 29.4 Å². The predicted octanol–water partition coefficient (Wildman–Crippen LogP) is 4.26. The average Bonchev–Trinajstić information content (AvgIpc) is 2.50. The molecule has 10 heteroatoms. The molecule has 0 aliphatic rings. The number of ether oxygens (including phenoxy) is 1. The number of hydrogen-bond acceptors (Lipinski definition) is 4. The Labute approximate surface area is 153 Å². The van der Waals surface area contributed by atoms with Crippen LogP contribution in [0.15, 0.2) is 39.9 Å². The highest BCUT2D eigenvalue weighted by atomic mass is 79.9. The minimum Gasteiger partial charge on any atom is -0.506 e. The van der Waals surface area contributed by atoms with E-state index >= 15 is 0 Å². The zero-order valence-corrected chi connectivity index (χ0v) is 14.7. The van der Waals surface area contributed by atoms with Gasteiger partial charge in [-0.1, -0.05) is 0 Å². The molecule has 0 aromatic heterocycles. The third kappa shape index (κ3) is 5.19. The highest BCUT2D eigenvalue weighted by molar-refractivity contribution is 9.10. The molecule has 2 aromatic rings. The van der Waals surface area contributed by atoms with Crippen LogP contribution in [0.2, 0.25) is 0 Å². The van der Waals surface area contributed by atoms with Crippen molar-refractivity contribution in [3.05, 3.63) is 57.3 Å². The Hall–Kier alpha value is -2.62. The van der Waals surface area contributed by atoms with Crippen molar-refractivity contribution in [2.75, 3.05) is 0 Å². The minimum absolute atomic E-state index is 0.103. The van der Waals surface area contributed by atoms with E-state index in [1.165, 1.54) is 0 Å². The molecular weight excluding hydrogens is 424 g/mol. The number of rotatable bonds is 4. The number of aryl methyl sites for hydroxylation is 1. The zero-order valence-electron chi connectivity index (χ0n) is 13.1. The molecule has 0 heterocycles. The number of amides is 1. The molecule has 5 nitrogen and oxygen atoms in total. The summed E-state index contributed by atoms with van der Waals surface area (Å²) < 4.78 is 54.0. The van der Waals surface area contributed by atoms with Crippen molar-refractivity contribution in [3.63, 3.8) is 0 Å². The Kier molecular flexibility index (Phi) is 5.86. The molecule has 26 heavy (non-hydrogen) atoms. The van der Waals surface area contributed by atoms with Crippen molar-refractivity contribution in [1.29, 1.82) is 0 Å². The molecule has 1 amide bonds. The van der Waals surface area contributed by atoms with Crippen LogP contribution in [0.25, 0.3) is 0 Å². The van der Waals surface area contributed by atoms with Crippen LogP contribution in [0.5, 0.6) is 11.5 Å². The molecule has 2 N–H and O–H groups in total. The van der Waals surface area contributed by atoms with Crippen LogP contribution in [0.3, 0.4) is 0 Å². The largest absolute Gasteiger partial charge is 0.573 e. The molecule has 0 atom stereocenters. The van der Waals surface area contributed by atoms with Crippen molar-refractivity contribution >= 4 is 28.1 Å². The third-order valence-corrected chi connectivity index (χ3v) is 3.63. The van der Waals surface area contributed by atoms with Crippen molar-refractivity contribution in [1.82, 2.24) is 5.43 Å². The lowest BCUT2D eigenvalue weighted by atomic mass is 10.1. The number of phenolic OH excluding ortho intramolecular Hbond substituents is 1. The quantitative estimate of drug-likeness (QED) is 0.428. The summed E-state index contributed by atoms with van der Waals surface area (Å²) in [7, 11) is 0. The first-order chi connectivity index (χ1) is 12.1. The topological polar surface area (TPSA) is 70.9 Å². The molecule has 138 valence electrons. The summed E-state index contributed by atoms with van der Waals surface area (Å²) in [6.45, 7) is 1.78. The van der Waals surface area contributed by atoms with E-state index in [9.17, 15) is 27.5 Å². The zero-order chi connectivity index (χ0) is 19.5. The SMILES string of the molecule is Cc1cc(Br)c(O)c(/C=N/NC(=O)c2ccc(OC(F)(F)F)cc2F)c1. The van der Waals surface area contributed by atoms with E-state index in [0.717, 1.165) is 23.9 Å². The van der Waals surface area contributed by atoms with E-state index in [0.29, 0.717) is 16.1 Å². The van der Waals surface area contributed by atoms with Gasteiger partial charge in [0, 0.05) is 11.6 Å². The number of nitrogens with zero attached hydrogens (tertiary/aromatic N) is 1. The molecule has 0 aliphatic heterocycles. The number of carbonyl (C=O) groups is 1. The van der Waals surface area contributed by atoms with Gasteiger partial charge in [0.05, 0.1) is 16.3 Å². The van der Waals surface area contributed by atoms with Crippen LogP contribution in [0.4, 0.5) is 17.6 Å². The van der Waals surface area contributed by atoms with Crippen LogP contribution in [0.1, 0.15) is 21.5 Å². The standard InChI is InChI=1S/C16H11BrF4N2O3/c1-8-4-9(14(24)12(17)5-8)7-22-23-15(25)11-3-2-10(6-13(11)18)26-16(19,20)21/h2-7,24H,1H3,(H,23,25)/b22-7+. The van der Waals surface area contributed by atoms with E-state index in [-0.39, 0.29) is 5.75 Å². The van der Waals surface area contributed by atoms with Crippen molar-refractivity contribution in [2.45, 2.75) is 13.3 Å². The van der Waals surface area contributed by atoms with E-state index in [4.69, 9.17) is 0 Å². The van der Waals surface area contributed by atoms with Gasteiger partial charge in [-0.3, -0.25) is 4.79 Å². The fourth-order valence-electron chi connectivity index (χ4n) is 1.96. The summed E-state index contributed by atoms with van der Waals surface area (Å²) in [4.78, 5) is 11.9. The molecule has 0 radical (unpaired) electrons. The number of phenols is 1. The van der Waals surface area contributed by atoms with Crippen molar-refractivity contribution in [3.8, 4) is 11.5 Å². The second-order valence-corrected chi connectivity index (χ2v) is 5.93. The predicted molar refractivity (Wildman–Crippen MR) is 88.7 cm³/mol. The number of benzene rings is 2. The van der Waals surface area contributed by atoms with Crippen molar-refractivity contribution < 1.29 is 32.2 Å². The lowest BCUT2D eigenvalue weighted by Gasteiger charge is -2.09. The monoisotopic (exact) mass is 434 g/mol. The number of halogens is 5. The Morgan fingerprint density at radius 2 is 2.00 bits per heavy atom. The molecule has 2 rings (SSSR count). The summed E-state index contributed by atoms with van der Waals surface area (Å²) in [5.41, 5.74) is 2.61. The molecule has 0 spiro atoms. The number of carbonyl (C=O) groups excluding carboxylic acids is 1. The van der Waals surface area contributed by atoms with Gasteiger partial charge in [-0.15, -0.1) is 13.2 Å². The van der Waals surface area contributed by atoms with E-state index in [2.05, 4.69) is 25.8 Å². The van der Waals surface area contributed by atoms with Gasteiger partial charge < -0.3 is 9.84 Å². The maximum atomic E-state index is 13.8. The molecule has 2 aromatic carbocycles. The molecular formula is C16H11BrF4N2O3. The van der Waals surface area contributed by atoms with Crippen LogP contribution in [-0.4, -0.2) is 23.6 Å². The Bertz CT molecular complexity index is 869. The van der Waals surface area contributed by atoms with Gasteiger partial charge in [-0.05, 0) is 52.7 Å². The van der Waals surface area contributed by atoms with Gasteiger partial charge in [-0.25, -0.2) is 9.82 Å². The van der Waals surface area contributed by atoms with Crippen molar-refractivity contribution in [2.24, 2.45) is 5.10 Å². The Morgan fingerprint density at radius 1 is 1.31 bits per heavy atom. The molecule has 0 unspecified atom stereocenters. The van der Waals surface area contributed by atoms with Gasteiger partial charge in [0.25, 0.3) is 5.91 Å². The van der Waals surface area contributed by atoms with Gasteiger partial charge in [0.2, 0.25) is 0 Å². The number of hydrogen-bond donors (Lipinski definition) is 2. The first kappa shape index (κ1) is 19.7. The highest BCUT2D eigenvalue weighted by Crippen LogP contribution is 2.28. The molecule has 0 aliphatic carbocycles. The fraction of sp³-hybridized carbons (Fsp3) is 0.125. The maximum absolute atomic E-state index is 13.8. The maximum Gasteiger partial charge on any atom is 0.573 e. The summed E-state index contributed by atoms with van der Waals surface area (Å²) >= 11 is 3.15. The number of aromatic hydroxyl groups is 1. The lowest BCUT2D eigenvalue weighted by molar-refractivity contribution is -0.274. The fourth-order valence-corrected chi connectivity index (χ4v) is 2.55. The van der Waals surface area contributed by atoms with Crippen LogP contribution in [0, 0.1) is 12.7 Å². The van der Waals surface area contributed by atoms with Crippen LogP contribution in [-0.2, 0) is 0 Å². The van der Waals surface area contributed by atoms with Crippen LogP contribution < -0.4 is 10.2 Å². The van der Waals surface area contributed by atoms with Gasteiger partial charge in [0.1, 0.15) is 17.3 Å². The number of alkyl halides is 3. The smallest absolute Gasteiger partial charge is 0.506 e. The molecule has 0 saturated heterocycles. The Balaban J connectivity index is 2.11. The third-order valence-electron chi connectivity index (χ3n) is 3.03. The summed E-state index contributed by atoms with van der Waals surface area (Å²) in [5.74, 6) is -3.08. The Morgan fingerprint density at radius 3 is 2.62 bits per heavy atom. The second-order valence-electron chi connectivity index (χ2n) is 5.07.